The zero-order chi connectivity index (χ0) is 24.0. The van der Waals surface area contributed by atoms with Crippen molar-refractivity contribution in [2.45, 2.75) is 18.9 Å². The maximum atomic E-state index is 13.7. The van der Waals surface area contributed by atoms with Crippen molar-refractivity contribution in [2.24, 2.45) is 0 Å². The van der Waals surface area contributed by atoms with Gasteiger partial charge in [-0.3, -0.25) is 4.68 Å². The number of halogens is 1. The summed E-state index contributed by atoms with van der Waals surface area (Å²) in [4.78, 5) is 8.89. The Hall–Kier alpha value is -3.85. The zero-order valence-corrected chi connectivity index (χ0v) is 19.5. The Labute approximate surface area is 201 Å². The minimum Gasteiger partial charge on any atom is -0.438 e. The number of benzene rings is 2. The van der Waals surface area contributed by atoms with Gasteiger partial charge in [-0.15, -0.1) is 0 Å². The molecular formula is C26H21FN4O3S. The maximum absolute atomic E-state index is 13.7. The molecule has 9 heteroatoms. The van der Waals surface area contributed by atoms with Gasteiger partial charge in [0, 0.05) is 22.9 Å². The standard InChI is InChI=1S/C26H21FN4O3S/c27-19-8-6-18(7-9-19)24-22(15-31(30-24)20-10-12-35(32,33)13-11-20)25-21-14-23(17-4-2-1-3-5-17)34-26(21)29-16-28-25/h1-9,14-16,20H,10-13H2. The van der Waals surface area contributed by atoms with E-state index in [1.807, 2.05) is 47.3 Å². The minimum absolute atomic E-state index is 0.0481. The van der Waals surface area contributed by atoms with Crippen LogP contribution in [0, 0.1) is 5.82 Å². The SMILES string of the molecule is O=S1(=O)CCC(n2cc(-c3ncnc4oc(-c5ccccc5)cc34)c(-c3ccc(F)cc3)n2)CC1. The molecule has 0 aliphatic carbocycles. The number of nitrogens with zero attached hydrogens (tertiary/aromatic N) is 4. The van der Waals surface area contributed by atoms with E-state index in [9.17, 15) is 12.8 Å². The number of aromatic nitrogens is 4. The van der Waals surface area contributed by atoms with E-state index in [2.05, 4.69) is 9.97 Å². The molecule has 6 rings (SSSR count). The summed E-state index contributed by atoms with van der Waals surface area (Å²) < 4.78 is 45.4. The van der Waals surface area contributed by atoms with Crippen LogP contribution < -0.4 is 0 Å². The molecule has 3 aromatic heterocycles. The molecule has 176 valence electrons. The van der Waals surface area contributed by atoms with Gasteiger partial charge >= 0.3 is 0 Å². The molecule has 2 aromatic carbocycles. The molecule has 0 atom stereocenters. The van der Waals surface area contributed by atoms with Crippen LogP contribution in [0.4, 0.5) is 4.39 Å². The van der Waals surface area contributed by atoms with Gasteiger partial charge in [0.15, 0.2) is 0 Å². The van der Waals surface area contributed by atoms with Crippen molar-refractivity contribution in [1.82, 2.24) is 19.7 Å². The van der Waals surface area contributed by atoms with Crippen molar-refractivity contribution in [2.75, 3.05) is 11.5 Å². The van der Waals surface area contributed by atoms with Gasteiger partial charge in [0.25, 0.3) is 0 Å². The normalized spacial score (nSPS) is 16.0. The van der Waals surface area contributed by atoms with Gasteiger partial charge in [-0.25, -0.2) is 22.8 Å². The largest absolute Gasteiger partial charge is 0.438 e. The highest BCUT2D eigenvalue weighted by Gasteiger charge is 2.27. The van der Waals surface area contributed by atoms with Crippen LogP contribution in [0.15, 0.2) is 77.6 Å². The topological polar surface area (TPSA) is 90.9 Å². The average Bonchev–Trinajstić information content (AvgIpc) is 3.50. The van der Waals surface area contributed by atoms with Gasteiger partial charge in [0.1, 0.15) is 33.4 Å². The van der Waals surface area contributed by atoms with Gasteiger partial charge in [0.05, 0.1) is 28.6 Å². The fourth-order valence-electron chi connectivity index (χ4n) is 4.53. The first-order valence-electron chi connectivity index (χ1n) is 11.3. The Kier molecular flexibility index (Phi) is 5.21. The molecular weight excluding hydrogens is 467 g/mol. The highest BCUT2D eigenvalue weighted by atomic mass is 32.2. The molecule has 0 N–H and O–H groups in total. The Morgan fingerprint density at radius 2 is 1.66 bits per heavy atom. The molecule has 0 radical (unpaired) electrons. The monoisotopic (exact) mass is 488 g/mol. The fourth-order valence-corrected chi connectivity index (χ4v) is 6.00. The van der Waals surface area contributed by atoms with Gasteiger partial charge in [0.2, 0.25) is 5.71 Å². The molecule has 0 amide bonds. The minimum atomic E-state index is -3.00. The van der Waals surface area contributed by atoms with Crippen LogP contribution in [0.2, 0.25) is 0 Å². The number of sulfone groups is 1. The Morgan fingerprint density at radius 3 is 2.40 bits per heavy atom. The van der Waals surface area contributed by atoms with Crippen LogP contribution >= 0.6 is 0 Å². The van der Waals surface area contributed by atoms with Gasteiger partial charge in [-0.2, -0.15) is 5.10 Å². The summed E-state index contributed by atoms with van der Waals surface area (Å²) in [5, 5.41) is 5.57. The van der Waals surface area contributed by atoms with E-state index in [0.717, 1.165) is 22.1 Å². The third kappa shape index (κ3) is 4.12. The van der Waals surface area contributed by atoms with Crippen molar-refractivity contribution in [3.05, 3.63) is 79.0 Å². The van der Waals surface area contributed by atoms with Crippen LogP contribution in [0.3, 0.4) is 0 Å². The lowest BCUT2D eigenvalue weighted by Gasteiger charge is -2.22. The summed E-state index contributed by atoms with van der Waals surface area (Å²) in [5.74, 6) is 0.617. The molecule has 1 saturated heterocycles. The number of hydrogen-bond donors (Lipinski definition) is 0. The van der Waals surface area contributed by atoms with Crippen molar-refractivity contribution >= 4 is 20.9 Å². The predicted molar refractivity (Wildman–Crippen MR) is 131 cm³/mol. The summed E-state index contributed by atoms with van der Waals surface area (Å²) in [6.45, 7) is 0. The molecule has 1 fully saturated rings. The third-order valence-electron chi connectivity index (χ3n) is 6.39. The van der Waals surface area contributed by atoms with Crippen molar-refractivity contribution in [3.63, 3.8) is 0 Å². The Bertz CT molecular complexity index is 1610. The summed E-state index contributed by atoms with van der Waals surface area (Å²) in [6.07, 6.45) is 4.35. The highest BCUT2D eigenvalue weighted by molar-refractivity contribution is 7.91. The summed E-state index contributed by atoms with van der Waals surface area (Å²) in [5.41, 5.74) is 4.15. The Balaban J connectivity index is 1.50. The number of rotatable bonds is 4. The lowest BCUT2D eigenvalue weighted by molar-refractivity contribution is 0.414. The van der Waals surface area contributed by atoms with Crippen LogP contribution in [-0.4, -0.2) is 39.7 Å². The number of furan rings is 1. The predicted octanol–water partition coefficient (Wildman–Crippen LogP) is 5.31. The maximum Gasteiger partial charge on any atom is 0.230 e. The second-order valence-electron chi connectivity index (χ2n) is 8.68. The van der Waals surface area contributed by atoms with E-state index in [-0.39, 0.29) is 23.4 Å². The van der Waals surface area contributed by atoms with E-state index in [1.165, 1.54) is 18.5 Å². The second kappa shape index (κ2) is 8.42. The zero-order valence-electron chi connectivity index (χ0n) is 18.6. The van der Waals surface area contributed by atoms with E-state index in [0.29, 0.717) is 35.7 Å². The van der Waals surface area contributed by atoms with Gasteiger partial charge < -0.3 is 4.42 Å². The number of fused-ring (bicyclic) bond motifs is 1. The molecule has 1 aliphatic heterocycles. The molecule has 35 heavy (non-hydrogen) atoms. The third-order valence-corrected chi connectivity index (χ3v) is 8.11. The lowest BCUT2D eigenvalue weighted by atomic mass is 10.0. The molecule has 5 aromatic rings. The molecule has 1 aliphatic rings. The van der Waals surface area contributed by atoms with Crippen LogP contribution in [-0.2, 0) is 9.84 Å². The van der Waals surface area contributed by atoms with E-state index < -0.39 is 9.84 Å². The molecule has 0 saturated carbocycles. The summed E-state index contributed by atoms with van der Waals surface area (Å²) >= 11 is 0. The number of hydrogen-bond acceptors (Lipinski definition) is 6. The fraction of sp³-hybridized carbons (Fsp3) is 0.192. The first kappa shape index (κ1) is 21.7. The Morgan fingerprint density at radius 1 is 0.914 bits per heavy atom. The average molecular weight is 489 g/mol. The van der Waals surface area contributed by atoms with Crippen LogP contribution in [0.25, 0.3) is 44.9 Å². The first-order valence-corrected chi connectivity index (χ1v) is 13.1. The second-order valence-corrected chi connectivity index (χ2v) is 11.0. The van der Waals surface area contributed by atoms with E-state index in [4.69, 9.17) is 9.52 Å². The highest BCUT2D eigenvalue weighted by Crippen LogP contribution is 2.38. The molecule has 4 heterocycles. The van der Waals surface area contributed by atoms with Gasteiger partial charge in [-0.1, -0.05) is 30.3 Å². The van der Waals surface area contributed by atoms with Crippen molar-refractivity contribution in [3.8, 4) is 33.8 Å². The molecule has 0 bridgehead atoms. The molecule has 0 unspecified atom stereocenters. The van der Waals surface area contributed by atoms with Crippen molar-refractivity contribution in [1.29, 1.82) is 0 Å². The van der Waals surface area contributed by atoms with E-state index >= 15 is 0 Å². The van der Waals surface area contributed by atoms with Crippen molar-refractivity contribution < 1.29 is 17.2 Å². The first-order chi connectivity index (χ1) is 17.0. The van der Waals surface area contributed by atoms with Crippen LogP contribution in [0.1, 0.15) is 18.9 Å². The lowest BCUT2D eigenvalue weighted by Crippen LogP contribution is -2.25. The molecule has 7 nitrogen and oxygen atoms in total. The van der Waals surface area contributed by atoms with Crippen LogP contribution in [0.5, 0.6) is 0 Å². The molecule has 0 spiro atoms. The van der Waals surface area contributed by atoms with E-state index in [1.54, 1.807) is 12.1 Å². The quantitative estimate of drug-likeness (QED) is 0.341. The van der Waals surface area contributed by atoms with Gasteiger partial charge in [-0.05, 0) is 43.2 Å². The summed E-state index contributed by atoms with van der Waals surface area (Å²) in [7, 11) is -3.00. The summed E-state index contributed by atoms with van der Waals surface area (Å²) in [6, 6.07) is 17.8. The smallest absolute Gasteiger partial charge is 0.230 e.